The molecular weight excluding hydrogens is 226 g/mol. The van der Waals surface area contributed by atoms with Gasteiger partial charge in [-0.1, -0.05) is 26.2 Å². The third-order valence-electron chi connectivity index (χ3n) is 2.79. The van der Waals surface area contributed by atoms with Gasteiger partial charge in [0.15, 0.2) is 0 Å². The Balaban J connectivity index is 2.58. The van der Waals surface area contributed by atoms with Crippen LogP contribution in [0.25, 0.3) is 0 Å². The molecule has 0 bridgehead atoms. The molecule has 0 amide bonds. The van der Waals surface area contributed by atoms with E-state index in [-0.39, 0.29) is 0 Å². The van der Waals surface area contributed by atoms with Crippen LogP contribution in [0.15, 0.2) is 0 Å². The molecule has 4 nitrogen and oxygen atoms in total. The molecule has 0 aliphatic rings. The number of nitrogens with one attached hydrogen (secondary N) is 1. The first kappa shape index (κ1) is 14.7. The molecule has 1 rings (SSSR count). The molecule has 1 N–H and O–H groups in total. The van der Waals surface area contributed by atoms with Crippen LogP contribution in [0.2, 0.25) is 0 Å². The number of anilines is 1. The largest absolute Gasteiger partial charge is 0.477 e. The van der Waals surface area contributed by atoms with Gasteiger partial charge in [0.2, 0.25) is 5.88 Å². The first-order valence-corrected chi connectivity index (χ1v) is 6.90. The van der Waals surface area contributed by atoms with E-state index < -0.39 is 0 Å². The van der Waals surface area contributed by atoms with Crippen molar-refractivity contribution in [3.8, 4) is 5.88 Å². The van der Waals surface area contributed by atoms with E-state index in [0.29, 0.717) is 0 Å². The van der Waals surface area contributed by atoms with Crippen molar-refractivity contribution in [2.75, 3.05) is 18.5 Å². The molecule has 0 saturated carbocycles. The Labute approximate surface area is 110 Å². The molecule has 1 heterocycles. The van der Waals surface area contributed by atoms with E-state index in [2.05, 4.69) is 29.1 Å². The van der Waals surface area contributed by atoms with Crippen molar-refractivity contribution in [3.63, 3.8) is 0 Å². The number of rotatable bonds is 8. The SMILES string of the molecule is CCCCCCOc1nc(C)nc(NCC)c1C. The summed E-state index contributed by atoms with van der Waals surface area (Å²) in [5.74, 6) is 2.35. The van der Waals surface area contributed by atoms with E-state index >= 15 is 0 Å². The minimum absolute atomic E-state index is 0.718. The lowest BCUT2D eigenvalue weighted by molar-refractivity contribution is 0.290. The van der Waals surface area contributed by atoms with Gasteiger partial charge in [-0.3, -0.25) is 0 Å². The smallest absolute Gasteiger partial charge is 0.221 e. The second-order valence-electron chi connectivity index (χ2n) is 4.49. The summed E-state index contributed by atoms with van der Waals surface area (Å²) in [6, 6.07) is 0. The topological polar surface area (TPSA) is 47.0 Å². The van der Waals surface area contributed by atoms with E-state index in [0.717, 1.165) is 42.7 Å². The molecule has 0 fully saturated rings. The van der Waals surface area contributed by atoms with Crippen molar-refractivity contribution >= 4 is 5.82 Å². The summed E-state index contributed by atoms with van der Waals surface area (Å²) in [6.07, 6.45) is 4.83. The zero-order chi connectivity index (χ0) is 13.4. The van der Waals surface area contributed by atoms with Crippen molar-refractivity contribution < 1.29 is 4.74 Å². The van der Waals surface area contributed by atoms with Crippen LogP contribution in [0.5, 0.6) is 5.88 Å². The quantitative estimate of drug-likeness (QED) is 0.718. The Kier molecular flexibility index (Phi) is 6.47. The Morgan fingerprint density at radius 3 is 2.50 bits per heavy atom. The van der Waals surface area contributed by atoms with Gasteiger partial charge in [-0.15, -0.1) is 0 Å². The van der Waals surface area contributed by atoms with Gasteiger partial charge in [0.25, 0.3) is 0 Å². The summed E-state index contributed by atoms with van der Waals surface area (Å²) in [6.45, 7) is 9.75. The third-order valence-corrected chi connectivity index (χ3v) is 2.79. The van der Waals surface area contributed by atoms with Gasteiger partial charge < -0.3 is 10.1 Å². The third kappa shape index (κ3) is 4.51. The number of nitrogens with zero attached hydrogens (tertiary/aromatic N) is 2. The predicted octanol–water partition coefficient (Wildman–Crippen LogP) is 3.48. The van der Waals surface area contributed by atoms with E-state index in [4.69, 9.17) is 4.74 Å². The molecule has 0 saturated heterocycles. The Hall–Kier alpha value is -1.32. The van der Waals surface area contributed by atoms with Gasteiger partial charge in [0.05, 0.1) is 12.2 Å². The van der Waals surface area contributed by atoms with Crippen LogP contribution < -0.4 is 10.1 Å². The minimum Gasteiger partial charge on any atom is -0.477 e. The predicted molar refractivity (Wildman–Crippen MR) is 75.3 cm³/mol. The van der Waals surface area contributed by atoms with Crippen LogP contribution in [0, 0.1) is 13.8 Å². The lowest BCUT2D eigenvalue weighted by Gasteiger charge is -2.12. The van der Waals surface area contributed by atoms with Crippen molar-refractivity contribution in [2.24, 2.45) is 0 Å². The number of aromatic nitrogens is 2. The lowest BCUT2D eigenvalue weighted by Crippen LogP contribution is -2.08. The van der Waals surface area contributed by atoms with Gasteiger partial charge in [-0.05, 0) is 27.2 Å². The van der Waals surface area contributed by atoms with Crippen molar-refractivity contribution in [1.82, 2.24) is 9.97 Å². The van der Waals surface area contributed by atoms with Gasteiger partial charge in [-0.25, -0.2) is 4.98 Å². The number of hydrogen-bond acceptors (Lipinski definition) is 4. The summed E-state index contributed by atoms with van der Waals surface area (Å²) >= 11 is 0. The van der Waals surface area contributed by atoms with Crippen LogP contribution in [0.4, 0.5) is 5.82 Å². The molecule has 18 heavy (non-hydrogen) atoms. The van der Waals surface area contributed by atoms with Crippen molar-refractivity contribution in [1.29, 1.82) is 0 Å². The van der Waals surface area contributed by atoms with Gasteiger partial charge in [-0.2, -0.15) is 4.98 Å². The Morgan fingerprint density at radius 1 is 1.06 bits per heavy atom. The molecule has 0 aliphatic heterocycles. The molecular formula is C14H25N3O. The number of unbranched alkanes of at least 4 members (excludes halogenated alkanes) is 3. The van der Waals surface area contributed by atoms with Crippen molar-refractivity contribution in [3.05, 3.63) is 11.4 Å². The van der Waals surface area contributed by atoms with Gasteiger partial charge in [0.1, 0.15) is 11.6 Å². The van der Waals surface area contributed by atoms with E-state index in [1.165, 1.54) is 19.3 Å². The lowest BCUT2D eigenvalue weighted by atomic mass is 10.2. The van der Waals surface area contributed by atoms with Crippen LogP contribution in [-0.2, 0) is 0 Å². The first-order chi connectivity index (χ1) is 8.69. The second-order valence-corrected chi connectivity index (χ2v) is 4.49. The van der Waals surface area contributed by atoms with Crippen molar-refractivity contribution in [2.45, 2.75) is 53.4 Å². The highest BCUT2D eigenvalue weighted by Crippen LogP contribution is 2.22. The average molecular weight is 251 g/mol. The first-order valence-electron chi connectivity index (χ1n) is 6.90. The molecule has 1 aromatic rings. The fourth-order valence-electron chi connectivity index (χ4n) is 1.78. The average Bonchev–Trinajstić information content (AvgIpc) is 2.34. The molecule has 1 aromatic heterocycles. The standard InChI is InChI=1S/C14H25N3O/c1-5-7-8-9-10-18-14-11(3)13(15-6-2)16-12(4)17-14/h5-10H2,1-4H3,(H,15,16,17). The Bertz CT molecular complexity index is 366. The van der Waals surface area contributed by atoms with E-state index in [1.54, 1.807) is 0 Å². The molecule has 4 heteroatoms. The van der Waals surface area contributed by atoms with Crippen LogP contribution >= 0.6 is 0 Å². The summed E-state index contributed by atoms with van der Waals surface area (Å²) in [7, 11) is 0. The van der Waals surface area contributed by atoms with Crippen LogP contribution in [0.1, 0.15) is 50.9 Å². The highest BCUT2D eigenvalue weighted by Gasteiger charge is 2.09. The minimum atomic E-state index is 0.718. The molecule has 0 aliphatic carbocycles. The monoisotopic (exact) mass is 251 g/mol. The second kappa shape index (κ2) is 7.90. The normalized spacial score (nSPS) is 10.4. The zero-order valence-corrected chi connectivity index (χ0v) is 12.0. The Morgan fingerprint density at radius 2 is 1.83 bits per heavy atom. The summed E-state index contributed by atoms with van der Waals surface area (Å²) < 4.78 is 5.76. The fraction of sp³-hybridized carbons (Fsp3) is 0.714. The summed E-state index contributed by atoms with van der Waals surface area (Å²) in [4.78, 5) is 8.74. The molecule has 0 aromatic carbocycles. The fourth-order valence-corrected chi connectivity index (χ4v) is 1.78. The van der Waals surface area contributed by atoms with Gasteiger partial charge >= 0.3 is 0 Å². The summed E-state index contributed by atoms with van der Waals surface area (Å²) in [5, 5.41) is 3.24. The number of aryl methyl sites for hydroxylation is 1. The molecule has 0 spiro atoms. The van der Waals surface area contributed by atoms with Crippen LogP contribution in [-0.4, -0.2) is 23.1 Å². The molecule has 102 valence electrons. The van der Waals surface area contributed by atoms with E-state index in [9.17, 15) is 0 Å². The number of hydrogen-bond donors (Lipinski definition) is 1. The van der Waals surface area contributed by atoms with E-state index in [1.807, 2.05) is 13.8 Å². The highest BCUT2D eigenvalue weighted by atomic mass is 16.5. The highest BCUT2D eigenvalue weighted by molar-refractivity contribution is 5.48. The maximum atomic E-state index is 5.76. The zero-order valence-electron chi connectivity index (χ0n) is 12.0. The summed E-state index contributed by atoms with van der Waals surface area (Å²) in [5.41, 5.74) is 0.998. The maximum Gasteiger partial charge on any atom is 0.221 e. The molecule has 0 radical (unpaired) electrons. The van der Waals surface area contributed by atoms with Crippen LogP contribution in [0.3, 0.4) is 0 Å². The number of ether oxygens (including phenoxy) is 1. The molecule has 0 atom stereocenters. The maximum absolute atomic E-state index is 5.76. The molecule has 0 unspecified atom stereocenters. The van der Waals surface area contributed by atoms with Gasteiger partial charge in [0, 0.05) is 6.54 Å².